The Morgan fingerprint density at radius 1 is 1.33 bits per heavy atom. The van der Waals surface area contributed by atoms with E-state index in [9.17, 15) is 4.79 Å². The Kier molecular flexibility index (Phi) is 5.26. The van der Waals surface area contributed by atoms with E-state index in [1.807, 2.05) is 35.9 Å². The highest BCUT2D eigenvalue weighted by Crippen LogP contribution is 2.33. The molecule has 1 N–H and O–H groups in total. The molecule has 0 radical (unpaired) electrons. The monoisotopic (exact) mass is 403 g/mol. The van der Waals surface area contributed by atoms with Crippen molar-refractivity contribution < 1.29 is 14.3 Å². The normalized spacial score (nSPS) is 12.3. The van der Waals surface area contributed by atoms with Gasteiger partial charge in [0.25, 0.3) is 0 Å². The lowest BCUT2D eigenvalue weighted by atomic mass is 10.2. The quantitative estimate of drug-likeness (QED) is 0.607. The predicted molar refractivity (Wildman–Crippen MR) is 103 cm³/mol. The fourth-order valence-electron chi connectivity index (χ4n) is 2.52. The molecule has 0 atom stereocenters. The van der Waals surface area contributed by atoms with Gasteiger partial charge in [-0.1, -0.05) is 36.1 Å². The summed E-state index contributed by atoms with van der Waals surface area (Å²) in [6, 6.07) is 5.86. The van der Waals surface area contributed by atoms with Crippen LogP contribution in [0.25, 0.3) is 0 Å². The van der Waals surface area contributed by atoms with Gasteiger partial charge in [0.15, 0.2) is 16.7 Å². The molecular formula is C17H17N5O3S2. The Hall–Kier alpha value is -2.59. The Balaban J connectivity index is 1.35. The van der Waals surface area contributed by atoms with Crippen molar-refractivity contribution in [2.75, 3.05) is 17.9 Å². The molecule has 1 amide bonds. The van der Waals surface area contributed by atoms with Crippen LogP contribution in [0.15, 0.2) is 35.7 Å². The number of imidazole rings is 1. The summed E-state index contributed by atoms with van der Waals surface area (Å²) in [5, 5.41) is 12.9. The number of aryl methyl sites for hydroxylation is 1. The molecule has 8 nitrogen and oxygen atoms in total. The van der Waals surface area contributed by atoms with Gasteiger partial charge in [0.1, 0.15) is 5.01 Å². The third-order valence-corrected chi connectivity index (χ3v) is 5.80. The number of nitrogens with zero attached hydrogens (tertiary/aromatic N) is 4. The zero-order valence-electron chi connectivity index (χ0n) is 14.5. The minimum Gasteiger partial charge on any atom is -0.454 e. The van der Waals surface area contributed by atoms with Crippen LogP contribution in [-0.4, -0.2) is 38.2 Å². The zero-order chi connectivity index (χ0) is 18.6. The Bertz CT molecular complexity index is 956. The minimum atomic E-state index is -0.128. The molecule has 4 rings (SSSR count). The lowest BCUT2D eigenvalue weighted by Gasteiger charge is -2.08. The van der Waals surface area contributed by atoms with Crippen molar-refractivity contribution in [2.24, 2.45) is 0 Å². The number of aromatic nitrogens is 4. The zero-order valence-corrected chi connectivity index (χ0v) is 16.2. The standard InChI is InChI=1S/C17H17N5O3S2/c1-2-15-20-21-16(27-15)19-14(23)9-26-17-18-5-6-22(17)8-11-3-4-12-13(7-11)25-10-24-12/h3-7H,2,8-10H2,1H3,(H,19,21,23). The molecule has 1 aliphatic heterocycles. The van der Waals surface area contributed by atoms with Crippen molar-refractivity contribution in [1.82, 2.24) is 19.7 Å². The van der Waals surface area contributed by atoms with Crippen molar-refractivity contribution in [3.63, 3.8) is 0 Å². The number of amides is 1. The van der Waals surface area contributed by atoms with Crippen molar-refractivity contribution in [3.05, 3.63) is 41.2 Å². The van der Waals surface area contributed by atoms with E-state index in [1.54, 1.807) is 6.20 Å². The fraction of sp³-hybridized carbons (Fsp3) is 0.294. The molecule has 0 spiro atoms. The number of anilines is 1. The lowest BCUT2D eigenvalue weighted by molar-refractivity contribution is -0.113. The first-order valence-electron chi connectivity index (χ1n) is 8.36. The van der Waals surface area contributed by atoms with E-state index in [1.165, 1.54) is 23.1 Å². The maximum Gasteiger partial charge on any atom is 0.236 e. The number of rotatable bonds is 7. The summed E-state index contributed by atoms with van der Waals surface area (Å²) < 4.78 is 12.8. The summed E-state index contributed by atoms with van der Waals surface area (Å²) in [6.07, 6.45) is 4.42. The van der Waals surface area contributed by atoms with Crippen LogP contribution in [0.2, 0.25) is 0 Å². The second-order valence-corrected chi connectivity index (χ2v) is 7.72. The van der Waals surface area contributed by atoms with E-state index in [4.69, 9.17) is 9.47 Å². The van der Waals surface area contributed by atoms with Crippen molar-refractivity contribution in [2.45, 2.75) is 25.0 Å². The van der Waals surface area contributed by atoms with Crippen molar-refractivity contribution >= 4 is 34.1 Å². The second kappa shape index (κ2) is 7.97. The van der Waals surface area contributed by atoms with E-state index < -0.39 is 0 Å². The molecule has 1 aliphatic rings. The molecule has 0 aliphatic carbocycles. The van der Waals surface area contributed by atoms with E-state index in [-0.39, 0.29) is 18.5 Å². The molecule has 3 aromatic rings. The van der Waals surface area contributed by atoms with Crippen LogP contribution < -0.4 is 14.8 Å². The van der Waals surface area contributed by atoms with Gasteiger partial charge in [-0.2, -0.15) is 0 Å². The Morgan fingerprint density at radius 3 is 3.07 bits per heavy atom. The summed E-state index contributed by atoms with van der Waals surface area (Å²) in [6.45, 7) is 2.90. The maximum atomic E-state index is 12.1. The molecule has 0 fully saturated rings. The minimum absolute atomic E-state index is 0.128. The number of benzene rings is 1. The van der Waals surface area contributed by atoms with Gasteiger partial charge < -0.3 is 14.0 Å². The van der Waals surface area contributed by atoms with Gasteiger partial charge in [0.05, 0.1) is 5.75 Å². The summed E-state index contributed by atoms with van der Waals surface area (Å²) in [5.41, 5.74) is 1.07. The summed E-state index contributed by atoms with van der Waals surface area (Å²) in [4.78, 5) is 16.5. The number of hydrogen-bond donors (Lipinski definition) is 1. The Morgan fingerprint density at radius 2 is 2.22 bits per heavy atom. The molecule has 3 heterocycles. The molecule has 2 aromatic heterocycles. The summed E-state index contributed by atoms with van der Waals surface area (Å²) in [5.74, 6) is 1.64. The summed E-state index contributed by atoms with van der Waals surface area (Å²) >= 11 is 2.77. The van der Waals surface area contributed by atoms with Gasteiger partial charge >= 0.3 is 0 Å². The molecule has 140 valence electrons. The number of carbonyl (C=O) groups is 1. The first kappa shape index (κ1) is 17.8. The number of ether oxygens (including phenoxy) is 2. The largest absolute Gasteiger partial charge is 0.454 e. The van der Waals surface area contributed by atoms with Gasteiger partial charge in [-0.05, 0) is 24.1 Å². The van der Waals surface area contributed by atoms with Gasteiger partial charge in [0.2, 0.25) is 17.8 Å². The van der Waals surface area contributed by atoms with Crippen LogP contribution in [-0.2, 0) is 17.8 Å². The topological polar surface area (TPSA) is 91.2 Å². The van der Waals surface area contributed by atoms with Crippen LogP contribution in [0.1, 0.15) is 17.5 Å². The van der Waals surface area contributed by atoms with Crippen LogP contribution in [0.3, 0.4) is 0 Å². The number of carbonyl (C=O) groups excluding carboxylic acids is 1. The number of hydrogen-bond acceptors (Lipinski definition) is 8. The molecule has 0 saturated heterocycles. The summed E-state index contributed by atoms with van der Waals surface area (Å²) in [7, 11) is 0. The average Bonchev–Trinajstić information content (AvgIpc) is 3.40. The van der Waals surface area contributed by atoms with Crippen molar-refractivity contribution in [3.8, 4) is 11.5 Å². The van der Waals surface area contributed by atoms with Crippen LogP contribution in [0, 0.1) is 0 Å². The third-order valence-electron chi connectivity index (χ3n) is 3.82. The van der Waals surface area contributed by atoms with Gasteiger partial charge in [-0.15, -0.1) is 10.2 Å². The number of fused-ring (bicyclic) bond motifs is 1. The third kappa shape index (κ3) is 4.22. The van der Waals surface area contributed by atoms with E-state index in [0.29, 0.717) is 11.7 Å². The fourth-order valence-corrected chi connectivity index (χ4v) is 3.98. The van der Waals surface area contributed by atoms with Gasteiger partial charge in [-0.3, -0.25) is 10.1 Å². The molecule has 1 aromatic carbocycles. The van der Waals surface area contributed by atoms with Crippen molar-refractivity contribution in [1.29, 1.82) is 0 Å². The predicted octanol–water partition coefficient (Wildman–Crippen LogP) is 2.80. The molecule has 10 heteroatoms. The SMILES string of the molecule is CCc1nnc(NC(=O)CSc2nccn2Cc2ccc3c(c2)OCO3)s1. The highest BCUT2D eigenvalue weighted by Gasteiger charge is 2.15. The van der Waals surface area contributed by atoms with E-state index in [2.05, 4.69) is 20.5 Å². The maximum absolute atomic E-state index is 12.1. The van der Waals surface area contributed by atoms with Gasteiger partial charge in [-0.25, -0.2) is 4.98 Å². The lowest BCUT2D eigenvalue weighted by Crippen LogP contribution is -2.14. The number of thioether (sulfide) groups is 1. The van der Waals surface area contributed by atoms with Gasteiger partial charge in [0, 0.05) is 18.9 Å². The second-order valence-electron chi connectivity index (χ2n) is 5.72. The molecule has 0 bridgehead atoms. The average molecular weight is 403 g/mol. The molecular weight excluding hydrogens is 386 g/mol. The van der Waals surface area contributed by atoms with E-state index in [0.717, 1.165) is 33.6 Å². The van der Waals surface area contributed by atoms with Crippen LogP contribution in [0.4, 0.5) is 5.13 Å². The van der Waals surface area contributed by atoms with Crippen LogP contribution >= 0.6 is 23.1 Å². The molecule has 0 saturated carbocycles. The van der Waals surface area contributed by atoms with E-state index >= 15 is 0 Å². The first-order chi connectivity index (χ1) is 13.2. The highest BCUT2D eigenvalue weighted by molar-refractivity contribution is 7.99. The number of nitrogens with one attached hydrogen (secondary N) is 1. The van der Waals surface area contributed by atoms with Crippen LogP contribution in [0.5, 0.6) is 11.5 Å². The smallest absolute Gasteiger partial charge is 0.236 e. The molecule has 0 unspecified atom stereocenters. The first-order valence-corrected chi connectivity index (χ1v) is 10.2. The molecule has 27 heavy (non-hydrogen) atoms. The highest BCUT2D eigenvalue weighted by atomic mass is 32.2. The Labute approximate surface area is 163 Å².